The third-order valence-corrected chi connectivity index (χ3v) is 2.74. The van der Waals surface area contributed by atoms with E-state index in [4.69, 9.17) is 28.9 Å². The number of pyridine rings is 1. The SMILES string of the molecule is Nc1ncc(Cl)cc1C(=O)c1cc(Cl)ccc1F. The molecular weight excluding hydrogens is 278 g/mol. The lowest BCUT2D eigenvalue weighted by atomic mass is 10.0. The topological polar surface area (TPSA) is 56.0 Å². The van der Waals surface area contributed by atoms with Gasteiger partial charge in [0.25, 0.3) is 0 Å². The van der Waals surface area contributed by atoms with E-state index >= 15 is 0 Å². The molecule has 0 radical (unpaired) electrons. The normalized spacial score (nSPS) is 10.4. The van der Waals surface area contributed by atoms with Crippen molar-refractivity contribution in [1.29, 1.82) is 0 Å². The van der Waals surface area contributed by atoms with E-state index in [0.29, 0.717) is 0 Å². The van der Waals surface area contributed by atoms with Gasteiger partial charge >= 0.3 is 0 Å². The van der Waals surface area contributed by atoms with Gasteiger partial charge < -0.3 is 5.73 Å². The minimum absolute atomic E-state index is 0.0104. The van der Waals surface area contributed by atoms with Gasteiger partial charge in [0.1, 0.15) is 11.6 Å². The molecule has 0 aliphatic heterocycles. The lowest BCUT2D eigenvalue weighted by Gasteiger charge is -2.06. The second-order valence-electron chi connectivity index (χ2n) is 3.54. The number of halogens is 3. The zero-order chi connectivity index (χ0) is 13.3. The van der Waals surface area contributed by atoms with Gasteiger partial charge in [0.2, 0.25) is 0 Å². The molecule has 0 unspecified atom stereocenters. The number of nitrogens with zero attached hydrogens (tertiary/aromatic N) is 1. The van der Waals surface area contributed by atoms with Gasteiger partial charge in [-0.05, 0) is 24.3 Å². The molecule has 0 saturated heterocycles. The standard InChI is InChI=1S/C12H7Cl2FN2O/c13-6-1-2-10(15)8(3-6)11(18)9-4-7(14)5-17-12(9)16/h1-5H,(H2,16,17). The lowest BCUT2D eigenvalue weighted by molar-refractivity contribution is 0.103. The number of anilines is 1. The van der Waals surface area contributed by atoms with Crippen LogP contribution in [0.15, 0.2) is 30.5 Å². The average Bonchev–Trinajstić information content (AvgIpc) is 2.34. The maximum atomic E-state index is 13.6. The molecule has 6 heteroatoms. The fourth-order valence-corrected chi connectivity index (χ4v) is 1.78. The van der Waals surface area contributed by atoms with Crippen LogP contribution >= 0.6 is 23.2 Å². The number of nitrogens with two attached hydrogens (primary N) is 1. The number of rotatable bonds is 2. The molecule has 1 heterocycles. The third-order valence-electron chi connectivity index (χ3n) is 2.30. The van der Waals surface area contributed by atoms with Crippen LogP contribution in [0.25, 0.3) is 0 Å². The Labute approximate surface area is 112 Å². The molecule has 0 bridgehead atoms. The van der Waals surface area contributed by atoms with Crippen LogP contribution in [-0.2, 0) is 0 Å². The van der Waals surface area contributed by atoms with Crippen LogP contribution < -0.4 is 5.73 Å². The zero-order valence-corrected chi connectivity index (χ0v) is 10.5. The highest BCUT2D eigenvalue weighted by atomic mass is 35.5. The van der Waals surface area contributed by atoms with Crippen molar-refractivity contribution in [2.75, 3.05) is 5.73 Å². The van der Waals surface area contributed by atoms with E-state index in [1.54, 1.807) is 0 Å². The first kappa shape index (κ1) is 12.8. The number of carbonyl (C=O) groups is 1. The smallest absolute Gasteiger partial charge is 0.199 e. The number of benzene rings is 1. The van der Waals surface area contributed by atoms with Gasteiger partial charge in [-0.1, -0.05) is 23.2 Å². The van der Waals surface area contributed by atoms with Crippen molar-refractivity contribution in [3.63, 3.8) is 0 Å². The summed E-state index contributed by atoms with van der Waals surface area (Å²) >= 11 is 11.5. The Morgan fingerprint density at radius 3 is 2.56 bits per heavy atom. The fraction of sp³-hybridized carbons (Fsp3) is 0. The van der Waals surface area contributed by atoms with Crippen LogP contribution in [0.1, 0.15) is 15.9 Å². The largest absolute Gasteiger partial charge is 0.383 e. The summed E-state index contributed by atoms with van der Waals surface area (Å²) < 4.78 is 13.6. The van der Waals surface area contributed by atoms with Crippen LogP contribution in [0, 0.1) is 5.82 Å². The molecule has 0 aliphatic carbocycles. The molecule has 0 fully saturated rings. The molecule has 0 saturated carbocycles. The van der Waals surface area contributed by atoms with E-state index in [1.165, 1.54) is 24.4 Å². The molecule has 1 aromatic carbocycles. The van der Waals surface area contributed by atoms with Gasteiger partial charge in [-0.3, -0.25) is 4.79 Å². The summed E-state index contributed by atoms with van der Waals surface area (Å²) in [4.78, 5) is 15.9. The summed E-state index contributed by atoms with van der Waals surface area (Å²) in [5, 5.41) is 0.503. The summed E-state index contributed by atoms with van der Waals surface area (Å²) in [7, 11) is 0. The van der Waals surface area contributed by atoms with Crippen LogP contribution in [-0.4, -0.2) is 10.8 Å². The summed E-state index contributed by atoms with van der Waals surface area (Å²) in [5.41, 5.74) is 5.45. The van der Waals surface area contributed by atoms with Crippen LogP contribution in [0.2, 0.25) is 10.0 Å². The third kappa shape index (κ3) is 2.44. The molecule has 0 spiro atoms. The number of aromatic nitrogens is 1. The maximum Gasteiger partial charge on any atom is 0.199 e. The van der Waals surface area contributed by atoms with Gasteiger partial charge in [-0.15, -0.1) is 0 Å². The molecule has 92 valence electrons. The number of carbonyl (C=O) groups excluding carboxylic acids is 1. The Bertz CT molecular complexity index is 578. The number of hydrogen-bond donors (Lipinski definition) is 1. The zero-order valence-electron chi connectivity index (χ0n) is 8.95. The first-order valence-corrected chi connectivity index (χ1v) is 5.65. The molecular formula is C12H7Cl2FN2O. The Morgan fingerprint density at radius 1 is 1.17 bits per heavy atom. The highest BCUT2D eigenvalue weighted by Crippen LogP contribution is 2.22. The molecule has 2 aromatic rings. The van der Waals surface area contributed by atoms with Gasteiger partial charge in [0, 0.05) is 11.2 Å². The lowest BCUT2D eigenvalue weighted by Crippen LogP contribution is -2.08. The molecule has 2 N–H and O–H groups in total. The van der Waals surface area contributed by atoms with Gasteiger partial charge in [0.05, 0.1) is 16.1 Å². The first-order chi connectivity index (χ1) is 8.49. The molecule has 2 rings (SSSR count). The van der Waals surface area contributed by atoms with Crippen molar-refractivity contribution in [2.24, 2.45) is 0 Å². The second-order valence-corrected chi connectivity index (χ2v) is 4.41. The predicted molar refractivity (Wildman–Crippen MR) is 68.5 cm³/mol. The van der Waals surface area contributed by atoms with E-state index in [0.717, 1.165) is 6.07 Å². The Morgan fingerprint density at radius 2 is 1.83 bits per heavy atom. The van der Waals surface area contributed by atoms with Crippen LogP contribution in [0.3, 0.4) is 0 Å². The predicted octanol–water partition coefficient (Wildman–Crippen LogP) is 3.34. The molecule has 0 aliphatic rings. The quantitative estimate of drug-likeness (QED) is 0.861. The highest BCUT2D eigenvalue weighted by Gasteiger charge is 2.18. The Kier molecular flexibility index (Phi) is 3.50. The van der Waals surface area contributed by atoms with E-state index in [9.17, 15) is 9.18 Å². The van der Waals surface area contributed by atoms with E-state index in [1.807, 2.05) is 0 Å². The first-order valence-electron chi connectivity index (χ1n) is 4.90. The van der Waals surface area contributed by atoms with Crippen molar-refractivity contribution >= 4 is 34.8 Å². The molecule has 1 aromatic heterocycles. The fourth-order valence-electron chi connectivity index (χ4n) is 1.45. The average molecular weight is 285 g/mol. The monoisotopic (exact) mass is 284 g/mol. The summed E-state index contributed by atoms with van der Waals surface area (Å²) in [6.45, 7) is 0. The summed E-state index contributed by atoms with van der Waals surface area (Å²) in [5.74, 6) is -1.30. The van der Waals surface area contributed by atoms with Crippen molar-refractivity contribution in [1.82, 2.24) is 4.98 Å². The Balaban J connectivity index is 2.54. The summed E-state index contributed by atoms with van der Waals surface area (Å²) in [6.07, 6.45) is 1.31. The number of nitrogen functional groups attached to an aromatic ring is 1. The van der Waals surface area contributed by atoms with E-state index in [-0.39, 0.29) is 27.0 Å². The minimum Gasteiger partial charge on any atom is -0.383 e. The van der Waals surface area contributed by atoms with Crippen molar-refractivity contribution in [3.05, 3.63) is 57.5 Å². The molecule has 18 heavy (non-hydrogen) atoms. The second kappa shape index (κ2) is 4.92. The molecule has 0 atom stereocenters. The van der Waals surface area contributed by atoms with Crippen molar-refractivity contribution in [3.8, 4) is 0 Å². The van der Waals surface area contributed by atoms with Gasteiger partial charge in [-0.25, -0.2) is 9.37 Å². The van der Waals surface area contributed by atoms with Gasteiger partial charge in [0.15, 0.2) is 5.78 Å². The molecule has 3 nitrogen and oxygen atoms in total. The van der Waals surface area contributed by atoms with E-state index in [2.05, 4.69) is 4.98 Å². The Hall–Kier alpha value is -1.65. The van der Waals surface area contributed by atoms with Gasteiger partial charge in [-0.2, -0.15) is 0 Å². The van der Waals surface area contributed by atoms with Crippen LogP contribution in [0.5, 0.6) is 0 Å². The molecule has 0 amide bonds. The van der Waals surface area contributed by atoms with E-state index < -0.39 is 11.6 Å². The van der Waals surface area contributed by atoms with Crippen LogP contribution in [0.4, 0.5) is 10.2 Å². The minimum atomic E-state index is -0.677. The van der Waals surface area contributed by atoms with Crippen molar-refractivity contribution < 1.29 is 9.18 Å². The number of hydrogen-bond acceptors (Lipinski definition) is 3. The number of ketones is 1. The highest BCUT2D eigenvalue weighted by molar-refractivity contribution is 6.32. The maximum absolute atomic E-state index is 13.6. The summed E-state index contributed by atoms with van der Waals surface area (Å²) in [6, 6.07) is 5.04. The van der Waals surface area contributed by atoms with Crippen molar-refractivity contribution in [2.45, 2.75) is 0 Å².